The van der Waals surface area contributed by atoms with E-state index in [1.807, 2.05) is 13.8 Å². The summed E-state index contributed by atoms with van der Waals surface area (Å²) < 4.78 is 0. The van der Waals surface area contributed by atoms with Crippen LogP contribution in [-0.4, -0.2) is 30.4 Å². The molecule has 0 saturated carbocycles. The molecule has 2 amide bonds. The Kier molecular flexibility index (Phi) is 7.25. The van der Waals surface area contributed by atoms with Crippen LogP contribution >= 0.6 is 12.4 Å². The van der Waals surface area contributed by atoms with E-state index in [9.17, 15) is 9.59 Å². The van der Waals surface area contributed by atoms with Crippen molar-refractivity contribution in [3.63, 3.8) is 0 Å². The Morgan fingerprint density at radius 1 is 1.50 bits per heavy atom. The van der Waals surface area contributed by atoms with Gasteiger partial charge in [-0.05, 0) is 19.3 Å². The molecule has 0 aromatic rings. The molecule has 1 saturated heterocycles. The molecule has 1 unspecified atom stereocenters. The lowest BCUT2D eigenvalue weighted by Crippen LogP contribution is -2.56. The van der Waals surface area contributed by atoms with Crippen molar-refractivity contribution in [1.29, 1.82) is 0 Å². The number of amides is 2. The third kappa shape index (κ3) is 4.14. The van der Waals surface area contributed by atoms with Crippen LogP contribution in [0.3, 0.4) is 0 Å². The van der Waals surface area contributed by atoms with E-state index < -0.39 is 0 Å². The Morgan fingerprint density at radius 2 is 2.11 bits per heavy atom. The van der Waals surface area contributed by atoms with E-state index in [4.69, 9.17) is 5.73 Å². The van der Waals surface area contributed by atoms with Gasteiger partial charge in [0, 0.05) is 19.5 Å². The van der Waals surface area contributed by atoms with Gasteiger partial charge in [0.05, 0.1) is 11.5 Å². The van der Waals surface area contributed by atoms with Crippen LogP contribution < -0.4 is 16.4 Å². The molecule has 4 N–H and O–H groups in total. The van der Waals surface area contributed by atoms with E-state index in [1.165, 1.54) is 0 Å². The van der Waals surface area contributed by atoms with Gasteiger partial charge >= 0.3 is 0 Å². The number of hydrogen-bond donors (Lipinski definition) is 3. The summed E-state index contributed by atoms with van der Waals surface area (Å²) in [5.74, 6) is -0.0685. The third-order valence-corrected chi connectivity index (χ3v) is 3.77. The molecule has 106 valence electrons. The maximum Gasteiger partial charge on any atom is 0.225 e. The van der Waals surface area contributed by atoms with E-state index in [0.29, 0.717) is 25.9 Å². The minimum Gasteiger partial charge on any atom is -0.355 e. The Bertz CT molecular complexity index is 275. The van der Waals surface area contributed by atoms with Gasteiger partial charge in [0.25, 0.3) is 0 Å². The van der Waals surface area contributed by atoms with Crippen molar-refractivity contribution in [2.45, 2.75) is 45.1 Å². The molecule has 0 aromatic heterocycles. The van der Waals surface area contributed by atoms with Gasteiger partial charge < -0.3 is 16.4 Å². The summed E-state index contributed by atoms with van der Waals surface area (Å²) in [7, 11) is 0. The molecular formula is C12H24ClN3O2. The summed E-state index contributed by atoms with van der Waals surface area (Å²) >= 11 is 0. The Hall–Kier alpha value is -0.810. The molecular weight excluding hydrogens is 254 g/mol. The number of nitrogens with two attached hydrogens (primary N) is 1. The molecule has 0 spiro atoms. The SMILES string of the molecule is CCC(CC)(CN)NC(=O)C1CCC(=O)NC1.Cl. The van der Waals surface area contributed by atoms with Gasteiger partial charge in [-0.15, -0.1) is 12.4 Å². The molecule has 18 heavy (non-hydrogen) atoms. The van der Waals surface area contributed by atoms with Crippen molar-refractivity contribution in [2.75, 3.05) is 13.1 Å². The summed E-state index contributed by atoms with van der Waals surface area (Å²) in [5, 5.41) is 5.77. The van der Waals surface area contributed by atoms with Crippen molar-refractivity contribution in [1.82, 2.24) is 10.6 Å². The van der Waals surface area contributed by atoms with Crippen molar-refractivity contribution in [3.05, 3.63) is 0 Å². The standard InChI is InChI=1S/C12H23N3O2.ClH/c1-3-12(4-2,8-13)15-11(17)9-5-6-10(16)14-7-9;/h9H,3-8,13H2,1-2H3,(H,14,16)(H,15,17);1H. The highest BCUT2D eigenvalue weighted by Gasteiger charge is 2.31. The molecule has 0 radical (unpaired) electrons. The lowest BCUT2D eigenvalue weighted by molar-refractivity contribution is -0.130. The lowest BCUT2D eigenvalue weighted by atomic mass is 9.90. The van der Waals surface area contributed by atoms with Gasteiger partial charge in [-0.1, -0.05) is 13.8 Å². The van der Waals surface area contributed by atoms with Crippen molar-refractivity contribution in [2.24, 2.45) is 11.7 Å². The third-order valence-electron chi connectivity index (χ3n) is 3.77. The Morgan fingerprint density at radius 3 is 2.50 bits per heavy atom. The van der Waals surface area contributed by atoms with E-state index >= 15 is 0 Å². The zero-order chi connectivity index (χ0) is 12.9. The van der Waals surface area contributed by atoms with Crippen molar-refractivity contribution < 1.29 is 9.59 Å². The maximum absolute atomic E-state index is 12.1. The van der Waals surface area contributed by atoms with Crippen LogP contribution in [0.2, 0.25) is 0 Å². The minimum atomic E-state index is -0.293. The summed E-state index contributed by atoms with van der Waals surface area (Å²) in [6.07, 6.45) is 2.72. The predicted molar refractivity (Wildman–Crippen MR) is 73.5 cm³/mol. The fourth-order valence-electron chi connectivity index (χ4n) is 2.09. The molecule has 1 fully saturated rings. The first-order valence-electron chi connectivity index (χ1n) is 6.35. The summed E-state index contributed by atoms with van der Waals surface area (Å²) in [4.78, 5) is 23.1. The van der Waals surface area contributed by atoms with E-state index in [1.54, 1.807) is 0 Å². The smallest absolute Gasteiger partial charge is 0.225 e. The molecule has 1 aliphatic heterocycles. The highest BCUT2D eigenvalue weighted by molar-refractivity contribution is 5.85. The molecule has 6 heteroatoms. The Labute approximate surface area is 115 Å². The molecule has 1 aliphatic rings. The minimum absolute atomic E-state index is 0. The zero-order valence-corrected chi connectivity index (χ0v) is 11.9. The molecule has 1 atom stereocenters. The van der Waals surface area contributed by atoms with Crippen LogP contribution in [0.15, 0.2) is 0 Å². The fraction of sp³-hybridized carbons (Fsp3) is 0.833. The van der Waals surface area contributed by atoms with Crippen LogP contribution in [0.4, 0.5) is 0 Å². The van der Waals surface area contributed by atoms with E-state index in [2.05, 4.69) is 10.6 Å². The lowest BCUT2D eigenvalue weighted by Gasteiger charge is -2.34. The predicted octanol–water partition coefficient (Wildman–Crippen LogP) is 0.568. The van der Waals surface area contributed by atoms with Gasteiger partial charge in [0.1, 0.15) is 0 Å². The number of hydrogen-bond acceptors (Lipinski definition) is 3. The normalized spacial score (nSPS) is 19.7. The monoisotopic (exact) mass is 277 g/mol. The first kappa shape index (κ1) is 17.2. The van der Waals surface area contributed by atoms with Crippen molar-refractivity contribution >= 4 is 24.2 Å². The molecule has 5 nitrogen and oxygen atoms in total. The maximum atomic E-state index is 12.1. The first-order valence-corrected chi connectivity index (χ1v) is 6.35. The van der Waals surface area contributed by atoms with Gasteiger partial charge in [-0.3, -0.25) is 9.59 Å². The van der Waals surface area contributed by atoms with E-state index in [-0.39, 0.29) is 35.7 Å². The topological polar surface area (TPSA) is 84.2 Å². The van der Waals surface area contributed by atoms with Crippen LogP contribution in [0, 0.1) is 5.92 Å². The van der Waals surface area contributed by atoms with Gasteiger partial charge in [-0.2, -0.15) is 0 Å². The number of halogens is 1. The second-order valence-electron chi connectivity index (χ2n) is 4.72. The molecule has 0 aliphatic carbocycles. The molecule has 1 rings (SSSR count). The van der Waals surface area contributed by atoms with Crippen LogP contribution in [0.5, 0.6) is 0 Å². The Balaban J connectivity index is 0.00000289. The van der Waals surface area contributed by atoms with Gasteiger partial charge in [-0.25, -0.2) is 0 Å². The van der Waals surface area contributed by atoms with Crippen LogP contribution in [0.1, 0.15) is 39.5 Å². The molecule has 0 aromatic carbocycles. The quantitative estimate of drug-likeness (QED) is 0.687. The second kappa shape index (κ2) is 7.59. The number of piperidine rings is 1. The summed E-state index contributed by atoms with van der Waals surface area (Å²) in [6.45, 7) is 4.95. The average Bonchev–Trinajstić information content (AvgIpc) is 2.37. The van der Waals surface area contributed by atoms with Crippen molar-refractivity contribution in [3.8, 4) is 0 Å². The summed E-state index contributed by atoms with van der Waals surface area (Å²) in [6, 6.07) is 0. The second-order valence-corrected chi connectivity index (χ2v) is 4.72. The largest absolute Gasteiger partial charge is 0.355 e. The van der Waals surface area contributed by atoms with Gasteiger partial charge in [0.15, 0.2) is 0 Å². The molecule has 1 heterocycles. The molecule has 0 bridgehead atoms. The van der Waals surface area contributed by atoms with Crippen LogP contribution in [0.25, 0.3) is 0 Å². The highest BCUT2D eigenvalue weighted by atomic mass is 35.5. The van der Waals surface area contributed by atoms with Crippen LogP contribution in [-0.2, 0) is 9.59 Å². The average molecular weight is 278 g/mol. The summed E-state index contributed by atoms with van der Waals surface area (Å²) in [5.41, 5.74) is 5.45. The number of nitrogens with one attached hydrogen (secondary N) is 2. The fourth-order valence-corrected chi connectivity index (χ4v) is 2.09. The number of rotatable bonds is 5. The van der Waals surface area contributed by atoms with Gasteiger partial charge in [0.2, 0.25) is 11.8 Å². The number of carbonyl (C=O) groups excluding carboxylic acids is 2. The van der Waals surface area contributed by atoms with E-state index in [0.717, 1.165) is 12.8 Å². The highest BCUT2D eigenvalue weighted by Crippen LogP contribution is 2.17. The zero-order valence-electron chi connectivity index (χ0n) is 11.1. The first-order chi connectivity index (χ1) is 8.06. The number of carbonyl (C=O) groups is 2.